The summed E-state index contributed by atoms with van der Waals surface area (Å²) in [5, 5.41) is 20.2. The van der Waals surface area contributed by atoms with E-state index in [-0.39, 0.29) is 5.56 Å². The summed E-state index contributed by atoms with van der Waals surface area (Å²) in [6.45, 7) is 2.15. The summed E-state index contributed by atoms with van der Waals surface area (Å²) in [7, 11) is 0. The van der Waals surface area contributed by atoms with Gasteiger partial charge in [0, 0.05) is 13.8 Å². The fourth-order valence-electron chi connectivity index (χ4n) is 2.56. The topological polar surface area (TPSA) is 119 Å². The molecular weight excluding hydrogens is 380 g/mol. The van der Waals surface area contributed by atoms with E-state index >= 15 is 0 Å². The van der Waals surface area contributed by atoms with Gasteiger partial charge >= 0.3 is 17.9 Å². The molecule has 0 heterocycles. The maximum atomic E-state index is 12.3. The molecule has 5 atom stereocenters. The second kappa shape index (κ2) is 8.51. The maximum Gasteiger partial charge on any atom is 0.341 e. The number of aliphatic hydroxyl groups is 2. The van der Waals surface area contributed by atoms with Gasteiger partial charge in [0.1, 0.15) is 12.2 Å². The molecule has 146 valence electrons. The van der Waals surface area contributed by atoms with Crippen LogP contribution in [0.4, 0.5) is 0 Å². The molecule has 2 rings (SSSR count). The van der Waals surface area contributed by atoms with Crippen LogP contribution in [0.2, 0.25) is 0 Å². The lowest BCUT2D eigenvalue weighted by molar-refractivity contribution is -0.250. The lowest BCUT2D eigenvalue weighted by Crippen LogP contribution is -2.65. The number of carbonyl (C=O) groups excluding carboxylic acids is 3. The molecule has 0 aromatic heterocycles. The molecule has 0 radical (unpaired) electrons. The Balaban J connectivity index is 2.35. The second-order valence-corrected chi connectivity index (χ2v) is 6.38. The number of rotatable bonds is 5. The molecule has 0 aliphatic heterocycles. The molecule has 0 amide bonds. The number of benzene rings is 1. The summed E-state index contributed by atoms with van der Waals surface area (Å²) in [6.07, 6.45) is -2.54. The van der Waals surface area contributed by atoms with Crippen LogP contribution in [0.15, 0.2) is 42.5 Å². The third-order valence-corrected chi connectivity index (χ3v) is 4.37. The smallest absolute Gasteiger partial charge is 0.341 e. The maximum absolute atomic E-state index is 12.3. The number of hydrogen-bond donors (Lipinski definition) is 2. The summed E-state index contributed by atoms with van der Waals surface area (Å²) in [6, 6.07) is 7.77. The lowest BCUT2D eigenvalue weighted by Gasteiger charge is -2.43. The number of alkyl halides is 1. The first-order valence-corrected chi connectivity index (χ1v) is 8.43. The third-order valence-electron chi connectivity index (χ3n) is 3.87. The van der Waals surface area contributed by atoms with Crippen LogP contribution >= 0.6 is 11.6 Å². The van der Waals surface area contributed by atoms with Crippen LogP contribution in [0.25, 0.3) is 0 Å². The highest BCUT2D eigenvalue weighted by Crippen LogP contribution is 2.35. The minimum atomic E-state index is -2.47. The number of carbonyl (C=O) groups is 3. The predicted octanol–water partition coefficient (Wildman–Crippen LogP) is 0.933. The van der Waals surface area contributed by atoms with Gasteiger partial charge in [-0.05, 0) is 18.2 Å². The van der Waals surface area contributed by atoms with E-state index in [1.807, 2.05) is 0 Å². The average Bonchev–Trinajstić information content (AvgIpc) is 2.61. The number of halogens is 1. The largest absolute Gasteiger partial charge is 0.455 e. The zero-order valence-electron chi connectivity index (χ0n) is 14.6. The zero-order valence-corrected chi connectivity index (χ0v) is 15.3. The van der Waals surface area contributed by atoms with Crippen molar-refractivity contribution in [3.8, 4) is 0 Å². The molecule has 0 fully saturated rings. The molecule has 9 heteroatoms. The Hall–Kier alpha value is -2.42. The van der Waals surface area contributed by atoms with Crippen LogP contribution in [0.5, 0.6) is 0 Å². The van der Waals surface area contributed by atoms with Crippen LogP contribution in [0.1, 0.15) is 24.2 Å². The van der Waals surface area contributed by atoms with E-state index in [0.29, 0.717) is 0 Å². The van der Waals surface area contributed by atoms with Gasteiger partial charge in [-0.3, -0.25) is 9.59 Å². The molecule has 1 aliphatic carbocycles. The minimum absolute atomic E-state index is 0.127. The van der Waals surface area contributed by atoms with Gasteiger partial charge in [0.25, 0.3) is 6.29 Å². The van der Waals surface area contributed by atoms with E-state index in [0.717, 1.165) is 13.8 Å². The lowest BCUT2D eigenvalue weighted by atomic mass is 9.83. The molecule has 27 heavy (non-hydrogen) atoms. The number of hydrogen-bond acceptors (Lipinski definition) is 8. The van der Waals surface area contributed by atoms with E-state index in [1.165, 1.54) is 24.3 Å². The normalized spacial score (nSPS) is 28.1. The van der Waals surface area contributed by atoms with Gasteiger partial charge < -0.3 is 24.4 Å². The van der Waals surface area contributed by atoms with Crippen molar-refractivity contribution in [1.82, 2.24) is 0 Å². The van der Waals surface area contributed by atoms with Crippen molar-refractivity contribution in [1.29, 1.82) is 0 Å². The van der Waals surface area contributed by atoms with Gasteiger partial charge in [-0.2, -0.15) is 0 Å². The van der Waals surface area contributed by atoms with E-state index in [9.17, 15) is 24.6 Å². The van der Waals surface area contributed by atoms with Crippen molar-refractivity contribution in [3.05, 3.63) is 48.0 Å². The molecule has 2 N–H and O–H groups in total. The molecule has 0 spiro atoms. The van der Waals surface area contributed by atoms with Crippen molar-refractivity contribution in [2.45, 2.75) is 43.3 Å². The predicted molar refractivity (Wildman–Crippen MR) is 92.7 cm³/mol. The molecule has 0 saturated heterocycles. The highest BCUT2D eigenvalue weighted by Gasteiger charge is 2.57. The standard InChI is InChI=1S/C18H19ClO8/c1-10(20)25-13-8-9-14(19)18(24,15(13)22)17(26-11(2)21)27-16(23)12-6-4-3-5-7-12/h3-9,13-15,17,22,24H,1-2H3/t13-,14-,15+,17?,18+/m1/s1. The number of esters is 3. The summed E-state index contributed by atoms with van der Waals surface area (Å²) in [5.74, 6) is -2.52. The summed E-state index contributed by atoms with van der Waals surface area (Å²) < 4.78 is 15.0. The van der Waals surface area contributed by atoms with Crippen LogP contribution in [0.3, 0.4) is 0 Å². The SMILES string of the molecule is CC(=O)OC(OC(=O)c1ccccc1)[C@]1(O)[C@H](Cl)C=C[C@@H](OC(C)=O)[C@@H]1O. The third kappa shape index (κ3) is 4.65. The van der Waals surface area contributed by atoms with Crippen LogP contribution in [-0.2, 0) is 23.8 Å². The first-order chi connectivity index (χ1) is 12.7. The van der Waals surface area contributed by atoms with Crippen LogP contribution < -0.4 is 0 Å². The number of ether oxygens (including phenoxy) is 3. The van der Waals surface area contributed by atoms with Gasteiger partial charge in [0.2, 0.25) is 0 Å². The highest BCUT2D eigenvalue weighted by molar-refractivity contribution is 6.22. The molecule has 8 nitrogen and oxygen atoms in total. The van der Waals surface area contributed by atoms with Crippen molar-refractivity contribution in [2.24, 2.45) is 0 Å². The first-order valence-electron chi connectivity index (χ1n) is 7.99. The van der Waals surface area contributed by atoms with Crippen molar-refractivity contribution < 1.29 is 38.8 Å². The minimum Gasteiger partial charge on any atom is -0.455 e. The number of aliphatic hydroxyl groups excluding tert-OH is 1. The molecule has 1 aliphatic rings. The van der Waals surface area contributed by atoms with E-state index in [2.05, 4.69) is 0 Å². The zero-order chi connectivity index (χ0) is 20.2. The summed E-state index contributed by atoms with van der Waals surface area (Å²) in [4.78, 5) is 35.0. The Morgan fingerprint density at radius 3 is 2.26 bits per heavy atom. The molecule has 0 bridgehead atoms. The molecule has 1 unspecified atom stereocenters. The van der Waals surface area contributed by atoms with Crippen LogP contribution in [-0.4, -0.2) is 57.6 Å². The van der Waals surface area contributed by atoms with E-state index in [4.69, 9.17) is 25.8 Å². The van der Waals surface area contributed by atoms with Crippen molar-refractivity contribution in [3.63, 3.8) is 0 Å². The Kier molecular flexibility index (Phi) is 6.59. The molecular formula is C18H19ClO8. The van der Waals surface area contributed by atoms with Gasteiger partial charge in [0.15, 0.2) is 5.60 Å². The second-order valence-electron chi connectivity index (χ2n) is 5.91. The van der Waals surface area contributed by atoms with Gasteiger partial charge in [-0.15, -0.1) is 11.6 Å². The van der Waals surface area contributed by atoms with Crippen molar-refractivity contribution >= 4 is 29.5 Å². The fourth-order valence-corrected chi connectivity index (χ4v) is 2.88. The average molecular weight is 399 g/mol. The van der Waals surface area contributed by atoms with Crippen LogP contribution in [0, 0.1) is 0 Å². The van der Waals surface area contributed by atoms with Crippen molar-refractivity contribution in [2.75, 3.05) is 0 Å². The highest BCUT2D eigenvalue weighted by atomic mass is 35.5. The Bertz CT molecular complexity index is 734. The van der Waals surface area contributed by atoms with Gasteiger partial charge in [-0.25, -0.2) is 4.79 Å². The fraction of sp³-hybridized carbons (Fsp3) is 0.389. The summed E-state index contributed by atoms with van der Waals surface area (Å²) in [5.41, 5.74) is -2.34. The van der Waals surface area contributed by atoms with Gasteiger partial charge in [0.05, 0.1) is 10.9 Å². The van der Waals surface area contributed by atoms with Gasteiger partial charge in [-0.1, -0.05) is 24.3 Å². The Morgan fingerprint density at radius 1 is 1.07 bits per heavy atom. The summed E-state index contributed by atoms with van der Waals surface area (Å²) >= 11 is 6.11. The first kappa shape index (κ1) is 20.9. The Morgan fingerprint density at radius 2 is 1.70 bits per heavy atom. The molecule has 0 saturated carbocycles. The van der Waals surface area contributed by atoms with E-state index in [1.54, 1.807) is 18.2 Å². The van der Waals surface area contributed by atoms with E-state index < -0.39 is 47.4 Å². The molecule has 1 aromatic carbocycles. The quantitative estimate of drug-likeness (QED) is 0.325. The monoisotopic (exact) mass is 398 g/mol. The molecule has 1 aromatic rings. The Labute approximate surface area is 160 Å².